The second-order valence-corrected chi connectivity index (χ2v) is 15.1. The first-order valence-electron chi connectivity index (χ1n) is 18.4. The number of carboxylic acid groups (broad SMARTS) is 1. The minimum absolute atomic E-state index is 0.130. The van der Waals surface area contributed by atoms with Crippen molar-refractivity contribution in [1.29, 1.82) is 0 Å². The molecule has 10 nitrogen and oxygen atoms in total. The number of halogens is 2. The number of benzene rings is 3. The van der Waals surface area contributed by atoms with Gasteiger partial charge in [-0.15, -0.1) is 0 Å². The molecule has 0 atom stereocenters. The van der Waals surface area contributed by atoms with Crippen LogP contribution in [0.2, 0.25) is 10.0 Å². The van der Waals surface area contributed by atoms with Crippen LogP contribution in [-0.4, -0.2) is 87.6 Å². The van der Waals surface area contributed by atoms with E-state index in [4.69, 9.17) is 37.8 Å². The van der Waals surface area contributed by atoms with Crippen LogP contribution in [0, 0.1) is 34.6 Å². The van der Waals surface area contributed by atoms with Crippen LogP contribution in [0.25, 0.3) is 22.0 Å². The van der Waals surface area contributed by atoms with Crippen LogP contribution in [0.15, 0.2) is 42.5 Å². The number of hydrogen-bond acceptors (Lipinski definition) is 6. The zero-order valence-electron chi connectivity index (χ0n) is 32.2. The Labute approximate surface area is 327 Å². The molecule has 1 aliphatic rings. The maximum atomic E-state index is 15.0. The molecule has 2 aromatic heterocycles. The zero-order valence-corrected chi connectivity index (χ0v) is 33.7. The Morgan fingerprint density at radius 2 is 1.65 bits per heavy atom. The number of morpholine rings is 1. The maximum absolute atomic E-state index is 15.0. The highest BCUT2D eigenvalue weighted by Crippen LogP contribution is 2.42. The number of rotatable bonds is 13. The molecule has 3 heterocycles. The standard InChI is InChI=1S/C42H49Cl2N5O5/c1-25-21-30(10-11-32(25)42(51)52)24-46(6)41(50)40-33(9-8-18-54-31-22-26(2)38(44)27(3)23-31)34-12-13-35(43)37(36-28(4)45-47(7)29(36)5)39(34)49(40)15-14-48-16-19-53-20-17-48/h10-13,21-23H,8-9,14-20,24H2,1-7H3,(H,51,52). The zero-order chi connectivity index (χ0) is 38.8. The van der Waals surface area contributed by atoms with Crippen LogP contribution >= 0.6 is 23.2 Å². The SMILES string of the molecule is Cc1cc(CN(C)C(=O)c2c(CCCOc3cc(C)c(Cl)c(C)c3)c3ccc(Cl)c(-c4c(C)nn(C)c4C)c3n2CCN2CCOCC2)ccc1C(=O)O. The third kappa shape index (κ3) is 8.03. The van der Waals surface area contributed by atoms with Crippen molar-refractivity contribution in [3.63, 3.8) is 0 Å². The predicted molar refractivity (Wildman–Crippen MR) is 215 cm³/mol. The molecule has 1 fully saturated rings. The highest BCUT2D eigenvalue weighted by atomic mass is 35.5. The molecule has 1 amide bonds. The molecule has 6 rings (SSSR count). The number of aromatic nitrogens is 3. The highest BCUT2D eigenvalue weighted by molar-refractivity contribution is 6.35. The number of carboxylic acids is 1. The summed E-state index contributed by atoms with van der Waals surface area (Å²) in [6.07, 6.45) is 1.24. The fourth-order valence-corrected chi connectivity index (χ4v) is 8.03. The predicted octanol–water partition coefficient (Wildman–Crippen LogP) is 8.20. The van der Waals surface area contributed by atoms with E-state index in [1.54, 1.807) is 31.0 Å². The van der Waals surface area contributed by atoms with Gasteiger partial charge in [0.05, 0.1) is 41.6 Å². The first-order valence-corrected chi connectivity index (χ1v) is 19.1. The van der Waals surface area contributed by atoms with Crippen molar-refractivity contribution in [3.8, 4) is 16.9 Å². The number of ether oxygens (including phenoxy) is 2. The topological polar surface area (TPSA) is 102 Å². The summed E-state index contributed by atoms with van der Waals surface area (Å²) in [5.74, 6) is -0.342. The Kier molecular flexibility index (Phi) is 12.1. The molecule has 5 aromatic rings. The third-order valence-corrected chi connectivity index (χ3v) is 11.4. The van der Waals surface area contributed by atoms with Crippen LogP contribution in [0.3, 0.4) is 0 Å². The second-order valence-electron chi connectivity index (χ2n) is 14.4. The average Bonchev–Trinajstić information content (AvgIpc) is 3.58. The van der Waals surface area contributed by atoms with Gasteiger partial charge >= 0.3 is 5.97 Å². The smallest absolute Gasteiger partial charge is 0.335 e. The van der Waals surface area contributed by atoms with Gasteiger partial charge in [-0.3, -0.25) is 14.4 Å². The third-order valence-electron chi connectivity index (χ3n) is 10.5. The Morgan fingerprint density at radius 1 is 0.944 bits per heavy atom. The number of amides is 1. The van der Waals surface area contributed by atoms with Gasteiger partial charge in [0.15, 0.2) is 0 Å². The fourth-order valence-electron chi connectivity index (χ4n) is 7.67. The molecule has 0 saturated carbocycles. The molecule has 0 spiro atoms. The molecule has 3 aromatic carbocycles. The number of hydrogen-bond donors (Lipinski definition) is 1. The molecule has 1 aliphatic heterocycles. The molecular weight excluding hydrogens is 725 g/mol. The minimum Gasteiger partial charge on any atom is -0.494 e. The van der Waals surface area contributed by atoms with E-state index in [1.165, 1.54) is 0 Å². The van der Waals surface area contributed by atoms with Gasteiger partial charge < -0.3 is 24.0 Å². The van der Waals surface area contributed by atoms with Crippen molar-refractivity contribution in [2.24, 2.45) is 7.05 Å². The van der Waals surface area contributed by atoms with Gasteiger partial charge in [-0.2, -0.15) is 5.10 Å². The lowest BCUT2D eigenvalue weighted by atomic mass is 9.98. The van der Waals surface area contributed by atoms with Crippen LogP contribution < -0.4 is 4.74 Å². The van der Waals surface area contributed by atoms with Crippen molar-refractivity contribution in [2.75, 3.05) is 46.5 Å². The summed E-state index contributed by atoms with van der Waals surface area (Å²) in [6, 6.07) is 13.1. The van der Waals surface area contributed by atoms with E-state index >= 15 is 0 Å². The Bertz CT molecular complexity index is 2200. The number of fused-ring (bicyclic) bond motifs is 1. The van der Waals surface area contributed by atoms with Crippen LogP contribution in [0.4, 0.5) is 0 Å². The van der Waals surface area contributed by atoms with Crippen LogP contribution in [0.5, 0.6) is 5.75 Å². The van der Waals surface area contributed by atoms with E-state index in [1.807, 2.05) is 69.8 Å². The van der Waals surface area contributed by atoms with Crippen molar-refractivity contribution >= 4 is 46.0 Å². The molecule has 0 radical (unpaired) electrons. The summed E-state index contributed by atoms with van der Waals surface area (Å²) in [4.78, 5) is 30.8. The summed E-state index contributed by atoms with van der Waals surface area (Å²) in [5.41, 5.74) is 9.79. The lowest BCUT2D eigenvalue weighted by Crippen LogP contribution is -2.38. The second kappa shape index (κ2) is 16.6. The van der Waals surface area contributed by atoms with Gasteiger partial charge in [-0.05, 0) is 99.5 Å². The molecule has 1 saturated heterocycles. The number of carbonyl (C=O) groups is 2. The molecule has 0 bridgehead atoms. The molecule has 54 heavy (non-hydrogen) atoms. The Balaban J connectivity index is 1.47. The summed E-state index contributed by atoms with van der Waals surface area (Å²) < 4.78 is 15.9. The summed E-state index contributed by atoms with van der Waals surface area (Å²) in [5, 5.41) is 16.6. The van der Waals surface area contributed by atoms with Gasteiger partial charge in [0.25, 0.3) is 5.91 Å². The number of aryl methyl sites for hydroxylation is 6. The van der Waals surface area contributed by atoms with Gasteiger partial charge in [-0.25, -0.2) is 4.79 Å². The summed E-state index contributed by atoms with van der Waals surface area (Å²) >= 11 is 13.6. The van der Waals surface area contributed by atoms with Crippen LogP contribution in [-0.2, 0) is 31.3 Å². The van der Waals surface area contributed by atoms with Crippen molar-refractivity contribution < 1.29 is 24.2 Å². The van der Waals surface area contributed by atoms with E-state index in [0.717, 1.165) is 86.1 Å². The molecule has 0 unspecified atom stereocenters. The van der Waals surface area contributed by atoms with Crippen molar-refractivity contribution in [3.05, 3.63) is 103 Å². The molecule has 1 N–H and O–H groups in total. The van der Waals surface area contributed by atoms with E-state index in [0.29, 0.717) is 62.0 Å². The lowest BCUT2D eigenvalue weighted by molar-refractivity contribution is 0.0363. The number of nitrogens with zero attached hydrogens (tertiary/aromatic N) is 5. The normalized spacial score (nSPS) is 13.5. The van der Waals surface area contributed by atoms with E-state index in [2.05, 4.69) is 9.47 Å². The number of carbonyl (C=O) groups excluding carboxylic acids is 1. The van der Waals surface area contributed by atoms with Crippen LogP contribution in [0.1, 0.15) is 66.5 Å². The van der Waals surface area contributed by atoms with Crippen molar-refractivity contribution in [2.45, 2.75) is 60.5 Å². The first-order chi connectivity index (χ1) is 25.8. The lowest BCUT2D eigenvalue weighted by Gasteiger charge is -2.28. The fraction of sp³-hybridized carbons (Fsp3) is 0.405. The van der Waals surface area contributed by atoms with E-state index in [9.17, 15) is 14.7 Å². The van der Waals surface area contributed by atoms with E-state index in [-0.39, 0.29) is 11.5 Å². The van der Waals surface area contributed by atoms with Gasteiger partial charge in [0.1, 0.15) is 11.4 Å². The summed E-state index contributed by atoms with van der Waals surface area (Å²) in [6.45, 7) is 14.8. The Morgan fingerprint density at radius 3 is 2.28 bits per heavy atom. The maximum Gasteiger partial charge on any atom is 0.335 e. The first kappa shape index (κ1) is 39.3. The molecule has 12 heteroatoms. The molecule has 0 aliphatic carbocycles. The van der Waals surface area contributed by atoms with Crippen molar-refractivity contribution in [1.82, 2.24) is 24.1 Å². The average molecular weight is 775 g/mol. The molecule has 286 valence electrons. The molecular formula is C42H49Cl2N5O5. The van der Waals surface area contributed by atoms with Gasteiger partial charge in [0, 0.05) is 74.0 Å². The summed E-state index contributed by atoms with van der Waals surface area (Å²) in [7, 11) is 3.73. The number of aromatic carboxylic acids is 1. The quantitative estimate of drug-likeness (QED) is 0.120. The monoisotopic (exact) mass is 773 g/mol. The minimum atomic E-state index is -0.975. The van der Waals surface area contributed by atoms with Gasteiger partial charge in [-0.1, -0.05) is 41.4 Å². The highest BCUT2D eigenvalue weighted by Gasteiger charge is 2.30. The Hall–Kier alpha value is -4.35. The van der Waals surface area contributed by atoms with Gasteiger partial charge in [0.2, 0.25) is 0 Å². The van der Waals surface area contributed by atoms with E-state index < -0.39 is 5.97 Å². The largest absolute Gasteiger partial charge is 0.494 e.